The summed E-state index contributed by atoms with van der Waals surface area (Å²) >= 11 is 6.07. The van der Waals surface area contributed by atoms with E-state index in [0.29, 0.717) is 11.6 Å². The number of nitrogens with two attached hydrogens (primary N) is 1. The minimum Gasteiger partial charge on any atom is -0.494 e. The fourth-order valence-corrected chi connectivity index (χ4v) is 2.30. The normalized spacial score (nSPS) is 12.2. The van der Waals surface area contributed by atoms with Gasteiger partial charge in [-0.1, -0.05) is 29.8 Å². The Bertz CT molecular complexity index is 575. The van der Waals surface area contributed by atoms with E-state index in [4.69, 9.17) is 22.2 Å². The molecule has 0 amide bonds. The van der Waals surface area contributed by atoms with Crippen molar-refractivity contribution in [3.8, 4) is 5.75 Å². The van der Waals surface area contributed by atoms with E-state index < -0.39 is 0 Å². The van der Waals surface area contributed by atoms with Crippen LogP contribution in [-0.2, 0) is 0 Å². The second kappa shape index (κ2) is 6.70. The molecule has 3 nitrogen and oxygen atoms in total. The summed E-state index contributed by atoms with van der Waals surface area (Å²) < 4.78 is 18.5. The van der Waals surface area contributed by atoms with Crippen LogP contribution in [0.1, 0.15) is 24.1 Å². The third-order valence-corrected chi connectivity index (χ3v) is 3.29. The summed E-state index contributed by atoms with van der Waals surface area (Å²) in [6, 6.07) is 11.5. The van der Waals surface area contributed by atoms with Gasteiger partial charge in [-0.3, -0.25) is 5.84 Å². The van der Waals surface area contributed by atoms with Crippen LogP contribution < -0.4 is 16.0 Å². The van der Waals surface area contributed by atoms with Crippen molar-refractivity contribution >= 4 is 11.6 Å². The van der Waals surface area contributed by atoms with Crippen LogP contribution in [0.5, 0.6) is 5.75 Å². The minimum atomic E-state index is -0.374. The predicted molar refractivity (Wildman–Crippen MR) is 78.2 cm³/mol. The maximum absolute atomic E-state index is 13.1. The van der Waals surface area contributed by atoms with Gasteiger partial charge in [-0.15, -0.1) is 0 Å². The first-order valence-electron chi connectivity index (χ1n) is 6.29. The van der Waals surface area contributed by atoms with E-state index in [2.05, 4.69) is 5.43 Å². The number of ether oxygens (including phenoxy) is 1. The molecule has 0 bridgehead atoms. The lowest BCUT2D eigenvalue weighted by molar-refractivity contribution is 0.340. The first kappa shape index (κ1) is 14.8. The van der Waals surface area contributed by atoms with Crippen molar-refractivity contribution in [1.82, 2.24) is 5.43 Å². The molecule has 0 aliphatic rings. The average Bonchev–Trinajstić information content (AvgIpc) is 2.44. The van der Waals surface area contributed by atoms with E-state index in [9.17, 15) is 4.39 Å². The van der Waals surface area contributed by atoms with Crippen molar-refractivity contribution in [2.45, 2.75) is 13.0 Å². The smallest absolute Gasteiger partial charge is 0.124 e. The molecule has 0 aliphatic carbocycles. The Hall–Kier alpha value is -1.62. The van der Waals surface area contributed by atoms with Crippen molar-refractivity contribution in [2.24, 2.45) is 5.84 Å². The summed E-state index contributed by atoms with van der Waals surface area (Å²) in [7, 11) is 0. The molecule has 0 aliphatic heterocycles. The summed E-state index contributed by atoms with van der Waals surface area (Å²) in [5, 5.41) is 0.335. The van der Waals surface area contributed by atoms with Crippen LogP contribution in [0.4, 0.5) is 4.39 Å². The molecule has 3 N–H and O–H groups in total. The SMILES string of the molecule is CCOc1ccc(C(NN)c2ccc(F)cc2Cl)cc1. The molecule has 0 saturated carbocycles. The van der Waals surface area contributed by atoms with Crippen molar-refractivity contribution in [3.05, 3.63) is 64.4 Å². The highest BCUT2D eigenvalue weighted by molar-refractivity contribution is 6.31. The Balaban J connectivity index is 2.31. The van der Waals surface area contributed by atoms with Crippen molar-refractivity contribution in [2.75, 3.05) is 6.61 Å². The second-order valence-electron chi connectivity index (χ2n) is 4.27. The molecule has 0 heterocycles. The van der Waals surface area contributed by atoms with Gasteiger partial charge in [0.15, 0.2) is 0 Å². The highest BCUT2D eigenvalue weighted by Gasteiger charge is 2.16. The lowest BCUT2D eigenvalue weighted by Crippen LogP contribution is -2.29. The molecular formula is C15H16ClFN2O. The zero-order chi connectivity index (χ0) is 14.5. The number of hydrogen-bond donors (Lipinski definition) is 2. The van der Waals surface area contributed by atoms with Crippen LogP contribution in [0.2, 0.25) is 5.02 Å². The molecule has 1 unspecified atom stereocenters. The predicted octanol–water partition coefficient (Wildman–Crippen LogP) is 3.43. The Kier molecular flexibility index (Phi) is 4.95. The van der Waals surface area contributed by atoms with Gasteiger partial charge < -0.3 is 4.74 Å². The summed E-state index contributed by atoms with van der Waals surface area (Å²) in [5.41, 5.74) is 4.34. The fourth-order valence-electron chi connectivity index (χ4n) is 2.02. The number of benzene rings is 2. The number of nitrogens with one attached hydrogen (secondary N) is 1. The minimum absolute atomic E-state index is 0.307. The molecule has 0 radical (unpaired) electrons. The molecular weight excluding hydrogens is 279 g/mol. The van der Waals surface area contributed by atoms with Crippen LogP contribution in [-0.4, -0.2) is 6.61 Å². The standard InChI is InChI=1S/C15H16ClFN2O/c1-2-20-12-6-3-10(4-7-12)15(19-18)13-8-5-11(17)9-14(13)16/h3-9,15,19H,2,18H2,1H3. The zero-order valence-electron chi connectivity index (χ0n) is 11.1. The summed E-state index contributed by atoms with van der Waals surface area (Å²) in [6.07, 6.45) is 0. The average molecular weight is 295 g/mol. The molecule has 0 saturated heterocycles. The number of halogens is 2. The maximum atomic E-state index is 13.1. The van der Waals surface area contributed by atoms with Gasteiger partial charge in [-0.25, -0.2) is 9.82 Å². The third kappa shape index (κ3) is 3.28. The van der Waals surface area contributed by atoms with E-state index in [-0.39, 0.29) is 11.9 Å². The molecule has 0 fully saturated rings. The van der Waals surface area contributed by atoms with Gasteiger partial charge >= 0.3 is 0 Å². The van der Waals surface area contributed by atoms with Gasteiger partial charge in [0.25, 0.3) is 0 Å². The molecule has 2 aromatic rings. The van der Waals surface area contributed by atoms with Crippen molar-refractivity contribution in [1.29, 1.82) is 0 Å². The van der Waals surface area contributed by atoms with Crippen LogP contribution >= 0.6 is 11.6 Å². The largest absolute Gasteiger partial charge is 0.494 e. The van der Waals surface area contributed by atoms with Gasteiger partial charge in [0.2, 0.25) is 0 Å². The Labute approximate surface area is 122 Å². The second-order valence-corrected chi connectivity index (χ2v) is 4.67. The summed E-state index contributed by atoms with van der Waals surface area (Å²) in [6.45, 7) is 2.54. The van der Waals surface area contributed by atoms with E-state index in [0.717, 1.165) is 16.9 Å². The van der Waals surface area contributed by atoms with Crippen LogP contribution in [0.3, 0.4) is 0 Å². The Morgan fingerprint density at radius 3 is 2.50 bits per heavy atom. The molecule has 2 rings (SSSR count). The van der Waals surface area contributed by atoms with E-state index >= 15 is 0 Å². The van der Waals surface area contributed by atoms with E-state index in [1.54, 1.807) is 6.07 Å². The monoisotopic (exact) mass is 294 g/mol. The zero-order valence-corrected chi connectivity index (χ0v) is 11.8. The third-order valence-electron chi connectivity index (χ3n) is 2.96. The first-order chi connectivity index (χ1) is 9.65. The van der Waals surface area contributed by atoms with Gasteiger partial charge in [-0.05, 0) is 42.3 Å². The number of hydrazine groups is 1. The van der Waals surface area contributed by atoms with Gasteiger partial charge in [0.05, 0.1) is 12.6 Å². The van der Waals surface area contributed by atoms with E-state index in [1.165, 1.54) is 12.1 Å². The summed E-state index contributed by atoms with van der Waals surface area (Å²) in [5.74, 6) is 6.02. The van der Waals surface area contributed by atoms with Crippen molar-refractivity contribution < 1.29 is 9.13 Å². The molecule has 1 atom stereocenters. The van der Waals surface area contributed by atoms with Crippen LogP contribution in [0, 0.1) is 5.82 Å². The van der Waals surface area contributed by atoms with Gasteiger partial charge in [0.1, 0.15) is 11.6 Å². The van der Waals surface area contributed by atoms with E-state index in [1.807, 2.05) is 31.2 Å². The highest BCUT2D eigenvalue weighted by Crippen LogP contribution is 2.29. The first-order valence-corrected chi connectivity index (χ1v) is 6.67. The molecule has 106 valence electrons. The highest BCUT2D eigenvalue weighted by atomic mass is 35.5. The fraction of sp³-hybridized carbons (Fsp3) is 0.200. The molecule has 0 aromatic heterocycles. The van der Waals surface area contributed by atoms with Gasteiger partial charge in [-0.2, -0.15) is 0 Å². The molecule has 2 aromatic carbocycles. The van der Waals surface area contributed by atoms with Crippen molar-refractivity contribution in [3.63, 3.8) is 0 Å². The van der Waals surface area contributed by atoms with Gasteiger partial charge in [0, 0.05) is 5.02 Å². The Morgan fingerprint density at radius 1 is 1.25 bits per heavy atom. The number of hydrogen-bond acceptors (Lipinski definition) is 3. The quantitative estimate of drug-likeness (QED) is 0.656. The summed E-state index contributed by atoms with van der Waals surface area (Å²) in [4.78, 5) is 0. The number of rotatable bonds is 5. The lowest BCUT2D eigenvalue weighted by Gasteiger charge is -2.18. The topological polar surface area (TPSA) is 47.3 Å². The lowest BCUT2D eigenvalue weighted by atomic mass is 9.99. The van der Waals surface area contributed by atoms with Crippen LogP contribution in [0.25, 0.3) is 0 Å². The Morgan fingerprint density at radius 2 is 1.95 bits per heavy atom. The molecule has 5 heteroatoms. The maximum Gasteiger partial charge on any atom is 0.124 e. The molecule has 0 spiro atoms. The van der Waals surface area contributed by atoms with Crippen LogP contribution in [0.15, 0.2) is 42.5 Å². The molecule has 20 heavy (non-hydrogen) atoms.